The normalized spacial score (nSPS) is 13.3. The summed E-state index contributed by atoms with van der Waals surface area (Å²) in [5.74, 6) is 2.00. The lowest BCUT2D eigenvalue weighted by Gasteiger charge is -2.18. The maximum atomic E-state index is 11.8. The molecule has 0 unspecified atom stereocenters. The molecule has 1 aromatic heterocycles. The topological polar surface area (TPSA) is 95.7 Å². The molecule has 0 atom stereocenters. The van der Waals surface area contributed by atoms with Crippen LogP contribution in [-0.4, -0.2) is 51.3 Å². The summed E-state index contributed by atoms with van der Waals surface area (Å²) >= 11 is 1.45. The third kappa shape index (κ3) is 4.67. The fraction of sp³-hybridized carbons (Fsp3) is 0.208. The molecule has 2 heterocycles. The van der Waals surface area contributed by atoms with Gasteiger partial charge in [0, 0.05) is 16.5 Å². The van der Waals surface area contributed by atoms with E-state index in [9.17, 15) is 4.79 Å². The van der Waals surface area contributed by atoms with Crippen LogP contribution >= 0.6 is 11.3 Å². The van der Waals surface area contributed by atoms with Crippen molar-refractivity contribution in [2.24, 2.45) is 10.1 Å². The van der Waals surface area contributed by atoms with Crippen molar-refractivity contribution in [2.45, 2.75) is 0 Å². The van der Waals surface area contributed by atoms with Crippen LogP contribution in [0.25, 0.3) is 11.3 Å². The Labute approximate surface area is 200 Å². The maximum Gasteiger partial charge on any atom is 0.262 e. The number of carbonyl (C=O) groups excluding carboxylic acids is 1. The van der Waals surface area contributed by atoms with Crippen LogP contribution in [0.5, 0.6) is 23.0 Å². The summed E-state index contributed by atoms with van der Waals surface area (Å²) in [6, 6.07) is 9.22. The van der Waals surface area contributed by atoms with Gasteiger partial charge in [0.2, 0.25) is 10.6 Å². The SMILES string of the molecule is C=CCN=c1scc(-c2ccc3c(c2)NC(=O)CO3)n1N=Cc1cc(OC)c(OC)c(OC)c1. The fourth-order valence-electron chi connectivity index (χ4n) is 3.40. The van der Waals surface area contributed by atoms with Gasteiger partial charge in [-0.2, -0.15) is 5.10 Å². The predicted molar refractivity (Wildman–Crippen MR) is 132 cm³/mol. The van der Waals surface area contributed by atoms with Crippen LogP contribution in [0.2, 0.25) is 0 Å². The molecule has 1 N–H and O–H groups in total. The van der Waals surface area contributed by atoms with E-state index in [1.54, 1.807) is 38.3 Å². The molecule has 34 heavy (non-hydrogen) atoms. The molecule has 1 aliphatic heterocycles. The fourth-order valence-corrected chi connectivity index (χ4v) is 4.25. The van der Waals surface area contributed by atoms with Gasteiger partial charge in [-0.1, -0.05) is 6.08 Å². The van der Waals surface area contributed by atoms with Crippen LogP contribution in [0.3, 0.4) is 0 Å². The molecule has 0 aliphatic carbocycles. The predicted octanol–water partition coefficient (Wildman–Crippen LogP) is 3.54. The monoisotopic (exact) mass is 480 g/mol. The summed E-state index contributed by atoms with van der Waals surface area (Å²) in [5, 5.41) is 9.50. The quantitative estimate of drug-likeness (QED) is 0.393. The van der Waals surface area contributed by atoms with Gasteiger partial charge in [0.15, 0.2) is 18.1 Å². The Bertz CT molecular complexity index is 1300. The number of thiazole rings is 1. The number of methoxy groups -OCH3 is 3. The highest BCUT2D eigenvalue weighted by molar-refractivity contribution is 7.07. The summed E-state index contributed by atoms with van der Waals surface area (Å²) in [6.45, 7) is 4.20. The average molecular weight is 481 g/mol. The number of aromatic nitrogens is 1. The van der Waals surface area contributed by atoms with Gasteiger partial charge < -0.3 is 24.3 Å². The van der Waals surface area contributed by atoms with Crippen molar-refractivity contribution >= 4 is 29.1 Å². The molecule has 0 bridgehead atoms. The second-order valence-corrected chi connectivity index (χ2v) is 7.93. The van der Waals surface area contributed by atoms with Gasteiger partial charge in [-0.25, -0.2) is 4.68 Å². The molecule has 1 aliphatic rings. The Balaban J connectivity index is 1.79. The highest BCUT2D eigenvalue weighted by Gasteiger charge is 2.18. The van der Waals surface area contributed by atoms with Crippen molar-refractivity contribution in [3.8, 4) is 34.3 Å². The van der Waals surface area contributed by atoms with Gasteiger partial charge in [-0.15, -0.1) is 17.9 Å². The zero-order valence-electron chi connectivity index (χ0n) is 19.0. The first kappa shape index (κ1) is 23.1. The number of carbonyl (C=O) groups is 1. The van der Waals surface area contributed by atoms with E-state index in [2.05, 4.69) is 16.9 Å². The first-order valence-electron chi connectivity index (χ1n) is 10.3. The first-order chi connectivity index (χ1) is 16.6. The van der Waals surface area contributed by atoms with Crippen molar-refractivity contribution < 1.29 is 23.7 Å². The zero-order valence-corrected chi connectivity index (χ0v) is 19.8. The van der Waals surface area contributed by atoms with E-state index in [4.69, 9.17) is 24.0 Å². The zero-order chi connectivity index (χ0) is 24.1. The van der Waals surface area contributed by atoms with E-state index >= 15 is 0 Å². The molecular weight excluding hydrogens is 456 g/mol. The molecule has 0 saturated carbocycles. The molecule has 0 radical (unpaired) electrons. The molecule has 0 spiro atoms. The van der Waals surface area contributed by atoms with E-state index in [1.807, 2.05) is 35.7 Å². The summed E-state index contributed by atoms with van der Waals surface area (Å²) in [7, 11) is 4.69. The summed E-state index contributed by atoms with van der Waals surface area (Å²) in [6.07, 6.45) is 3.41. The van der Waals surface area contributed by atoms with E-state index in [0.717, 1.165) is 16.8 Å². The minimum atomic E-state index is -0.190. The van der Waals surface area contributed by atoms with Gasteiger partial charge in [0.05, 0.1) is 45.5 Å². The molecule has 4 rings (SSSR count). The molecule has 10 heteroatoms. The lowest BCUT2D eigenvalue weighted by atomic mass is 10.1. The van der Waals surface area contributed by atoms with Gasteiger partial charge in [-0.05, 0) is 30.3 Å². The van der Waals surface area contributed by atoms with E-state index in [-0.39, 0.29) is 12.5 Å². The van der Waals surface area contributed by atoms with E-state index in [1.165, 1.54) is 11.3 Å². The van der Waals surface area contributed by atoms with E-state index < -0.39 is 0 Å². The number of nitrogens with one attached hydrogen (secondary N) is 1. The number of anilines is 1. The first-order valence-corrected chi connectivity index (χ1v) is 11.2. The Morgan fingerprint density at radius 3 is 2.62 bits per heavy atom. The summed E-state index contributed by atoms with van der Waals surface area (Å²) < 4.78 is 23.5. The summed E-state index contributed by atoms with van der Waals surface area (Å²) in [5.41, 5.74) is 3.02. The van der Waals surface area contributed by atoms with Gasteiger partial charge in [0.25, 0.3) is 5.91 Å². The van der Waals surface area contributed by atoms with Crippen molar-refractivity contribution in [3.05, 3.63) is 58.7 Å². The van der Waals surface area contributed by atoms with Gasteiger partial charge in [0.1, 0.15) is 5.75 Å². The number of nitrogens with zero attached hydrogens (tertiary/aromatic N) is 3. The highest BCUT2D eigenvalue weighted by Crippen LogP contribution is 2.38. The number of rotatable bonds is 8. The number of ether oxygens (including phenoxy) is 4. The van der Waals surface area contributed by atoms with Gasteiger partial charge in [-0.3, -0.25) is 9.79 Å². The lowest BCUT2D eigenvalue weighted by molar-refractivity contribution is -0.118. The number of benzene rings is 2. The molecule has 1 amide bonds. The van der Waals surface area contributed by atoms with Crippen LogP contribution in [0, 0.1) is 0 Å². The van der Waals surface area contributed by atoms with Crippen molar-refractivity contribution in [2.75, 3.05) is 39.8 Å². The average Bonchev–Trinajstić information content (AvgIpc) is 3.27. The standard InChI is InChI=1S/C24H24N4O5S/c1-5-8-25-24-28(26-12-15-9-20(30-2)23(32-4)21(10-15)31-3)18(14-34-24)16-6-7-19-17(11-16)27-22(29)13-33-19/h5-7,9-12,14H,1,8,13H2,2-4H3,(H,27,29). The largest absolute Gasteiger partial charge is 0.493 e. The Hall–Kier alpha value is -4.05. The number of fused-ring (bicyclic) bond motifs is 1. The van der Waals surface area contributed by atoms with Crippen LogP contribution < -0.4 is 29.1 Å². The number of amides is 1. The second-order valence-electron chi connectivity index (χ2n) is 7.10. The van der Waals surface area contributed by atoms with Crippen LogP contribution in [-0.2, 0) is 4.79 Å². The number of hydrogen-bond donors (Lipinski definition) is 1. The van der Waals surface area contributed by atoms with E-state index in [0.29, 0.717) is 40.0 Å². The second kappa shape index (κ2) is 10.3. The van der Waals surface area contributed by atoms with Crippen molar-refractivity contribution in [1.29, 1.82) is 0 Å². The van der Waals surface area contributed by atoms with Crippen LogP contribution in [0.4, 0.5) is 5.69 Å². The number of hydrogen-bond acceptors (Lipinski definition) is 8. The maximum absolute atomic E-state index is 11.8. The highest BCUT2D eigenvalue weighted by atomic mass is 32.1. The third-order valence-corrected chi connectivity index (χ3v) is 5.81. The Morgan fingerprint density at radius 1 is 1.18 bits per heavy atom. The molecular formula is C24H24N4O5S. The molecule has 2 aromatic carbocycles. The van der Waals surface area contributed by atoms with Crippen molar-refractivity contribution in [3.63, 3.8) is 0 Å². The summed E-state index contributed by atoms with van der Waals surface area (Å²) in [4.78, 5) is 17.0. The Morgan fingerprint density at radius 2 is 1.94 bits per heavy atom. The van der Waals surface area contributed by atoms with Crippen molar-refractivity contribution in [1.82, 2.24) is 4.68 Å². The molecule has 3 aromatic rings. The van der Waals surface area contributed by atoms with Crippen LogP contribution in [0.15, 0.2) is 58.5 Å². The van der Waals surface area contributed by atoms with Crippen LogP contribution in [0.1, 0.15) is 5.56 Å². The molecule has 0 fully saturated rings. The molecule has 9 nitrogen and oxygen atoms in total. The smallest absolute Gasteiger partial charge is 0.262 e. The minimum absolute atomic E-state index is 0.00839. The third-order valence-electron chi connectivity index (χ3n) is 4.96. The van der Waals surface area contributed by atoms with Gasteiger partial charge >= 0.3 is 0 Å². The molecule has 176 valence electrons. The minimum Gasteiger partial charge on any atom is -0.493 e. The lowest BCUT2D eigenvalue weighted by Crippen LogP contribution is -2.25. The molecule has 0 saturated heterocycles. The Kier molecular flexibility index (Phi) is 6.98.